The van der Waals surface area contributed by atoms with E-state index in [4.69, 9.17) is 4.74 Å². The van der Waals surface area contributed by atoms with E-state index in [0.29, 0.717) is 5.75 Å². The average molecular weight is 318 g/mol. The fourth-order valence-corrected chi connectivity index (χ4v) is 1.89. The van der Waals surface area contributed by atoms with E-state index in [-0.39, 0.29) is 5.97 Å². The molecule has 0 aromatic heterocycles. The number of carbonyl (C=O) groups excluding carboxylic acids is 1. The standard InChI is InChI=1S/C12H15IO2/c1-10(14)15-12-7-4-6-11(9-12)5-2-3-8-13/h4,6-7,9H,2-3,5,8H2,1H3. The minimum atomic E-state index is -0.264. The molecule has 1 aromatic rings. The number of halogens is 1. The molecule has 0 heterocycles. The van der Waals surface area contributed by atoms with Gasteiger partial charge in [0.1, 0.15) is 5.75 Å². The molecule has 0 N–H and O–H groups in total. The summed E-state index contributed by atoms with van der Waals surface area (Å²) in [4.78, 5) is 10.8. The maximum atomic E-state index is 10.8. The second kappa shape index (κ2) is 6.82. The molecule has 1 rings (SSSR count). The number of rotatable bonds is 5. The first kappa shape index (κ1) is 12.5. The molecule has 3 heteroatoms. The van der Waals surface area contributed by atoms with Gasteiger partial charge in [-0.2, -0.15) is 0 Å². The van der Waals surface area contributed by atoms with Crippen molar-refractivity contribution in [2.24, 2.45) is 0 Å². The second-order valence-electron chi connectivity index (χ2n) is 3.39. The first-order valence-electron chi connectivity index (χ1n) is 5.05. The third-order valence-corrected chi connectivity index (χ3v) is 2.77. The number of esters is 1. The van der Waals surface area contributed by atoms with Gasteiger partial charge < -0.3 is 4.74 Å². The molecule has 0 saturated carbocycles. The van der Waals surface area contributed by atoms with Crippen molar-refractivity contribution in [3.8, 4) is 5.75 Å². The summed E-state index contributed by atoms with van der Waals surface area (Å²) in [5.41, 5.74) is 1.23. The Kier molecular flexibility index (Phi) is 5.68. The Labute approximate surface area is 104 Å². The summed E-state index contributed by atoms with van der Waals surface area (Å²) < 4.78 is 6.22. The van der Waals surface area contributed by atoms with Crippen molar-refractivity contribution >= 4 is 28.6 Å². The molecule has 0 aliphatic rings. The van der Waals surface area contributed by atoms with Crippen molar-refractivity contribution in [3.05, 3.63) is 29.8 Å². The number of ether oxygens (including phenoxy) is 1. The van der Waals surface area contributed by atoms with E-state index < -0.39 is 0 Å². The number of benzene rings is 1. The Morgan fingerprint density at radius 2 is 2.20 bits per heavy atom. The van der Waals surface area contributed by atoms with Crippen molar-refractivity contribution < 1.29 is 9.53 Å². The molecule has 15 heavy (non-hydrogen) atoms. The van der Waals surface area contributed by atoms with E-state index in [1.165, 1.54) is 29.8 Å². The van der Waals surface area contributed by atoms with Gasteiger partial charge in [-0.25, -0.2) is 0 Å². The fourth-order valence-electron chi connectivity index (χ4n) is 1.35. The zero-order valence-corrected chi connectivity index (χ0v) is 11.0. The summed E-state index contributed by atoms with van der Waals surface area (Å²) in [5.74, 6) is 0.383. The Bertz CT molecular complexity index is 323. The molecule has 1 aromatic carbocycles. The van der Waals surface area contributed by atoms with Gasteiger partial charge in [0, 0.05) is 6.92 Å². The number of alkyl halides is 1. The topological polar surface area (TPSA) is 26.3 Å². The molecule has 0 amide bonds. The van der Waals surface area contributed by atoms with Crippen molar-refractivity contribution in [3.63, 3.8) is 0 Å². The number of unbranched alkanes of at least 4 members (excludes halogenated alkanes) is 1. The van der Waals surface area contributed by atoms with E-state index in [9.17, 15) is 4.79 Å². The van der Waals surface area contributed by atoms with Crippen LogP contribution in [0.15, 0.2) is 24.3 Å². The second-order valence-corrected chi connectivity index (χ2v) is 4.47. The Hall–Kier alpha value is -0.580. The van der Waals surface area contributed by atoms with E-state index in [1.54, 1.807) is 0 Å². The van der Waals surface area contributed by atoms with Crippen LogP contribution in [0.3, 0.4) is 0 Å². The largest absolute Gasteiger partial charge is 0.427 e. The predicted molar refractivity (Wildman–Crippen MR) is 69.6 cm³/mol. The molecule has 0 radical (unpaired) electrons. The summed E-state index contributed by atoms with van der Waals surface area (Å²) in [6.07, 6.45) is 3.48. The number of carbonyl (C=O) groups is 1. The highest BCUT2D eigenvalue weighted by Gasteiger charge is 1.99. The summed E-state index contributed by atoms with van der Waals surface area (Å²) >= 11 is 2.38. The molecule has 0 atom stereocenters. The predicted octanol–water partition coefficient (Wildman–Crippen LogP) is 3.37. The number of hydrogen-bond donors (Lipinski definition) is 0. The molecule has 0 bridgehead atoms. The third kappa shape index (κ3) is 5.16. The molecule has 0 spiro atoms. The zero-order valence-electron chi connectivity index (χ0n) is 8.83. The smallest absolute Gasteiger partial charge is 0.308 e. The lowest BCUT2D eigenvalue weighted by molar-refractivity contribution is -0.131. The van der Waals surface area contributed by atoms with Gasteiger partial charge in [-0.15, -0.1) is 0 Å². The zero-order chi connectivity index (χ0) is 11.1. The van der Waals surface area contributed by atoms with Gasteiger partial charge in [0.15, 0.2) is 0 Å². The van der Waals surface area contributed by atoms with Gasteiger partial charge in [0.05, 0.1) is 0 Å². The maximum Gasteiger partial charge on any atom is 0.308 e. The minimum Gasteiger partial charge on any atom is -0.427 e. The van der Waals surface area contributed by atoms with E-state index in [2.05, 4.69) is 28.7 Å². The Morgan fingerprint density at radius 1 is 1.40 bits per heavy atom. The average Bonchev–Trinajstić information content (AvgIpc) is 2.18. The lowest BCUT2D eigenvalue weighted by Crippen LogP contribution is -2.01. The van der Waals surface area contributed by atoms with Crippen LogP contribution in [0.25, 0.3) is 0 Å². The van der Waals surface area contributed by atoms with E-state index >= 15 is 0 Å². The van der Waals surface area contributed by atoms with Crippen LogP contribution in [0.4, 0.5) is 0 Å². The normalized spacial score (nSPS) is 10.0. The van der Waals surface area contributed by atoms with Crippen molar-refractivity contribution in [2.45, 2.75) is 26.2 Å². The molecule has 2 nitrogen and oxygen atoms in total. The van der Waals surface area contributed by atoms with E-state index in [0.717, 1.165) is 6.42 Å². The van der Waals surface area contributed by atoms with Gasteiger partial charge in [-0.3, -0.25) is 4.79 Å². The summed E-state index contributed by atoms with van der Waals surface area (Å²) in [7, 11) is 0. The Morgan fingerprint density at radius 3 is 2.87 bits per heavy atom. The van der Waals surface area contributed by atoms with E-state index in [1.807, 2.05) is 18.2 Å². The van der Waals surface area contributed by atoms with Crippen LogP contribution < -0.4 is 4.74 Å². The van der Waals surface area contributed by atoms with Gasteiger partial charge in [-0.05, 0) is 41.4 Å². The van der Waals surface area contributed by atoms with Crippen LogP contribution >= 0.6 is 22.6 Å². The van der Waals surface area contributed by atoms with Crippen molar-refractivity contribution in [1.29, 1.82) is 0 Å². The third-order valence-electron chi connectivity index (χ3n) is 2.01. The fraction of sp³-hybridized carbons (Fsp3) is 0.417. The van der Waals surface area contributed by atoms with Gasteiger partial charge in [0.25, 0.3) is 0 Å². The van der Waals surface area contributed by atoms with Gasteiger partial charge in [-0.1, -0.05) is 34.7 Å². The van der Waals surface area contributed by atoms with Crippen LogP contribution in [0, 0.1) is 0 Å². The molecule has 82 valence electrons. The molecule has 0 aliphatic carbocycles. The molecule has 0 unspecified atom stereocenters. The first-order chi connectivity index (χ1) is 7.22. The summed E-state index contributed by atoms with van der Waals surface area (Å²) in [5, 5.41) is 0. The highest BCUT2D eigenvalue weighted by Crippen LogP contribution is 2.15. The van der Waals surface area contributed by atoms with Crippen LogP contribution in [0.1, 0.15) is 25.3 Å². The number of aryl methyl sites for hydroxylation is 1. The Balaban J connectivity index is 2.53. The molecular weight excluding hydrogens is 303 g/mol. The number of hydrogen-bond acceptors (Lipinski definition) is 2. The van der Waals surface area contributed by atoms with Crippen LogP contribution in [-0.2, 0) is 11.2 Å². The highest BCUT2D eigenvalue weighted by molar-refractivity contribution is 14.1. The van der Waals surface area contributed by atoms with Gasteiger partial charge in [0.2, 0.25) is 0 Å². The minimum absolute atomic E-state index is 0.264. The summed E-state index contributed by atoms with van der Waals surface area (Å²) in [6, 6.07) is 7.75. The van der Waals surface area contributed by atoms with Crippen LogP contribution in [0.5, 0.6) is 5.75 Å². The molecule has 0 fully saturated rings. The highest BCUT2D eigenvalue weighted by atomic mass is 127. The van der Waals surface area contributed by atoms with Gasteiger partial charge >= 0.3 is 5.97 Å². The first-order valence-corrected chi connectivity index (χ1v) is 6.58. The monoisotopic (exact) mass is 318 g/mol. The van der Waals surface area contributed by atoms with Crippen molar-refractivity contribution in [2.75, 3.05) is 4.43 Å². The lowest BCUT2D eigenvalue weighted by atomic mass is 10.1. The molecule has 0 saturated heterocycles. The lowest BCUT2D eigenvalue weighted by Gasteiger charge is -2.04. The summed E-state index contributed by atoms with van der Waals surface area (Å²) in [6.45, 7) is 1.42. The molecule has 0 aliphatic heterocycles. The quantitative estimate of drug-likeness (QED) is 0.274. The van der Waals surface area contributed by atoms with Crippen LogP contribution in [-0.4, -0.2) is 10.4 Å². The molecular formula is C12H15IO2. The SMILES string of the molecule is CC(=O)Oc1cccc(CCCCI)c1. The maximum absolute atomic E-state index is 10.8. The van der Waals surface area contributed by atoms with Crippen molar-refractivity contribution in [1.82, 2.24) is 0 Å². The van der Waals surface area contributed by atoms with Crippen LogP contribution in [0.2, 0.25) is 0 Å².